The van der Waals surface area contributed by atoms with Crippen LogP contribution in [-0.4, -0.2) is 15.4 Å². The molecular formula is C4H14OSi. The zero-order chi connectivity index (χ0) is 3.41. The highest BCUT2D eigenvalue weighted by atomic mass is 28.2. The van der Waals surface area contributed by atoms with Crippen molar-refractivity contribution in [3.05, 3.63) is 0 Å². The third kappa shape index (κ3) is 41.2. The molecule has 0 radical (unpaired) electrons. The molecule has 0 aromatic rings. The average molecular weight is 106 g/mol. The summed E-state index contributed by atoms with van der Waals surface area (Å²) >= 11 is 0. The lowest BCUT2D eigenvalue weighted by Gasteiger charge is -1.48. The Hall–Kier alpha value is -0.113. The minimum absolute atomic E-state index is 0. The summed E-state index contributed by atoms with van der Waals surface area (Å²) in [4.78, 5) is 9.24. The van der Waals surface area contributed by atoms with Crippen molar-refractivity contribution in [3.63, 3.8) is 0 Å². The van der Waals surface area contributed by atoms with Gasteiger partial charge in [0.25, 0.3) is 0 Å². The van der Waals surface area contributed by atoms with Crippen molar-refractivity contribution in [2.75, 3.05) is 0 Å². The normalized spacial score (nSPS) is 6.17. The van der Waals surface area contributed by atoms with Gasteiger partial charge in [0.1, 0.15) is 0 Å². The lowest BCUT2D eigenvalue weighted by Crippen LogP contribution is -1.75. The van der Waals surface area contributed by atoms with Crippen LogP contribution in [0, 0.1) is 0 Å². The first-order valence-corrected chi connectivity index (χ1v) is 3.58. The minimum atomic E-state index is -0.256. The van der Waals surface area contributed by atoms with Crippen LogP contribution in [0.5, 0.6) is 0 Å². The molecule has 0 bridgehead atoms. The Morgan fingerprint density at radius 1 is 1.50 bits per heavy atom. The summed E-state index contributed by atoms with van der Waals surface area (Å²) in [7, 11) is -0.256. The highest BCUT2D eigenvalue weighted by Gasteiger charge is 1.55. The van der Waals surface area contributed by atoms with E-state index in [0.29, 0.717) is 0 Å². The highest BCUT2D eigenvalue weighted by molar-refractivity contribution is 6.65. The summed E-state index contributed by atoms with van der Waals surface area (Å²) in [5, 5.41) is 0. The Balaban J connectivity index is -0.0000000450. The first-order chi connectivity index (χ1) is 1.91. The Morgan fingerprint density at radius 3 is 1.67 bits per heavy atom. The molecule has 0 amide bonds. The summed E-state index contributed by atoms with van der Waals surface area (Å²) in [5.74, 6) is 1.01. The molecule has 0 spiro atoms. The number of rotatable bonds is 1. The van der Waals surface area contributed by atoms with Gasteiger partial charge in [-0.15, -0.1) is 0 Å². The average Bonchev–Trinajstić information content (AvgIpc) is 1.37. The number of carbonyl (C=O) groups is 1. The third-order valence-electron chi connectivity index (χ3n) is 0.167. The van der Waals surface area contributed by atoms with Crippen LogP contribution in [0.3, 0.4) is 0 Å². The van der Waals surface area contributed by atoms with Crippen molar-refractivity contribution in [2.24, 2.45) is 0 Å². The van der Waals surface area contributed by atoms with Gasteiger partial charge in [-0.05, 0) is 0 Å². The van der Waals surface area contributed by atoms with Gasteiger partial charge in [0.15, 0.2) is 0 Å². The Bertz CT molecular complexity index is 21.5. The first kappa shape index (κ1) is 16.9. The Labute approximate surface area is 42.6 Å². The van der Waals surface area contributed by atoms with Crippen molar-refractivity contribution >= 4 is 15.4 Å². The summed E-state index contributed by atoms with van der Waals surface area (Å²) in [6.45, 7) is 1.95. The van der Waals surface area contributed by atoms with Crippen LogP contribution < -0.4 is 0 Å². The predicted octanol–water partition coefficient (Wildman–Crippen LogP) is 0.666. The molecule has 0 fully saturated rings. The molecular weight excluding hydrogens is 92.1 g/mol. The lowest BCUT2D eigenvalue weighted by atomic mass is 11.8. The molecule has 0 aliphatic heterocycles. The fraction of sp³-hybridized carbons (Fsp3) is 0.750. The highest BCUT2D eigenvalue weighted by Crippen LogP contribution is 1.32. The van der Waals surface area contributed by atoms with Gasteiger partial charge in [0.2, 0.25) is 0 Å². The Kier molecular flexibility index (Phi) is 58.3. The second-order valence-electron chi connectivity index (χ2n) is 0.575. The third-order valence-corrected chi connectivity index (χ3v) is 0.500. The maximum atomic E-state index is 9.24. The molecule has 0 rings (SSSR count). The molecule has 0 saturated heterocycles. The molecule has 6 heavy (non-hydrogen) atoms. The van der Waals surface area contributed by atoms with Crippen LogP contribution >= 0.6 is 0 Å². The topological polar surface area (TPSA) is 17.1 Å². The largest absolute Gasteiger partial charge is 0.310 e. The molecule has 2 heteroatoms. The first-order valence-electron chi connectivity index (χ1n) is 1.35. The van der Waals surface area contributed by atoms with Crippen LogP contribution in [0.15, 0.2) is 0 Å². The van der Waals surface area contributed by atoms with Crippen LogP contribution in [0.2, 0.25) is 6.55 Å². The molecule has 0 atom stereocenters. The standard InChI is InChI=1S/C2H6OSi.2CH4/c1-4-2-3;;/h2H,4H2,1H3;2*1H4. The lowest BCUT2D eigenvalue weighted by molar-refractivity contribution is 0.568. The smallest absolute Gasteiger partial charge is 0.0936 e. The number of carbonyl (C=O) groups excluding carboxylic acids is 1. The zero-order valence-corrected chi connectivity index (χ0v) is 4.11. The van der Waals surface area contributed by atoms with E-state index >= 15 is 0 Å². The second kappa shape index (κ2) is 20.7. The van der Waals surface area contributed by atoms with Gasteiger partial charge in [-0.25, -0.2) is 0 Å². The van der Waals surface area contributed by atoms with Gasteiger partial charge in [0.05, 0.1) is 15.4 Å². The van der Waals surface area contributed by atoms with E-state index in [2.05, 4.69) is 0 Å². The summed E-state index contributed by atoms with van der Waals surface area (Å²) in [6, 6.07) is 0. The molecule has 0 aromatic heterocycles. The molecule has 1 nitrogen and oxygen atoms in total. The molecule has 0 heterocycles. The van der Waals surface area contributed by atoms with Crippen molar-refractivity contribution in [1.82, 2.24) is 0 Å². The van der Waals surface area contributed by atoms with Crippen LogP contribution in [0.25, 0.3) is 0 Å². The van der Waals surface area contributed by atoms with Crippen molar-refractivity contribution in [1.29, 1.82) is 0 Å². The zero-order valence-electron chi connectivity index (χ0n) is 2.69. The van der Waals surface area contributed by atoms with Gasteiger partial charge in [-0.1, -0.05) is 21.4 Å². The molecule has 0 aliphatic carbocycles. The van der Waals surface area contributed by atoms with E-state index in [1.54, 1.807) is 0 Å². The van der Waals surface area contributed by atoms with Crippen molar-refractivity contribution in [2.45, 2.75) is 21.4 Å². The van der Waals surface area contributed by atoms with E-state index in [1.807, 2.05) is 6.55 Å². The van der Waals surface area contributed by atoms with E-state index in [0.717, 1.165) is 5.91 Å². The monoisotopic (exact) mass is 106 g/mol. The number of hydrogen-bond acceptors (Lipinski definition) is 1. The molecule has 40 valence electrons. The summed E-state index contributed by atoms with van der Waals surface area (Å²) < 4.78 is 0. The van der Waals surface area contributed by atoms with Crippen LogP contribution in [-0.2, 0) is 4.79 Å². The summed E-state index contributed by atoms with van der Waals surface area (Å²) in [6.07, 6.45) is 0. The Morgan fingerprint density at radius 2 is 1.67 bits per heavy atom. The van der Waals surface area contributed by atoms with E-state index in [1.165, 1.54) is 0 Å². The minimum Gasteiger partial charge on any atom is -0.310 e. The summed E-state index contributed by atoms with van der Waals surface area (Å²) in [5.41, 5.74) is 0. The molecule has 0 saturated carbocycles. The maximum Gasteiger partial charge on any atom is 0.0936 e. The molecule has 0 aliphatic rings. The quantitative estimate of drug-likeness (QED) is 0.354. The fourth-order valence-electron chi connectivity index (χ4n) is 0. The van der Waals surface area contributed by atoms with E-state index in [9.17, 15) is 4.79 Å². The predicted molar refractivity (Wildman–Crippen MR) is 34.6 cm³/mol. The van der Waals surface area contributed by atoms with Gasteiger partial charge in [-0.3, -0.25) is 0 Å². The molecule has 0 N–H and O–H groups in total. The van der Waals surface area contributed by atoms with Crippen molar-refractivity contribution < 1.29 is 4.79 Å². The van der Waals surface area contributed by atoms with E-state index < -0.39 is 0 Å². The van der Waals surface area contributed by atoms with Crippen LogP contribution in [0.1, 0.15) is 14.9 Å². The molecule has 0 aromatic carbocycles. The SMILES string of the molecule is C.C.C[SiH2]C=O. The number of hydrogen-bond donors (Lipinski definition) is 0. The van der Waals surface area contributed by atoms with E-state index in [4.69, 9.17) is 0 Å². The van der Waals surface area contributed by atoms with Crippen molar-refractivity contribution in [3.8, 4) is 0 Å². The fourth-order valence-corrected chi connectivity index (χ4v) is 0. The molecule has 0 unspecified atom stereocenters. The maximum absolute atomic E-state index is 9.24. The van der Waals surface area contributed by atoms with Gasteiger partial charge < -0.3 is 4.79 Å². The van der Waals surface area contributed by atoms with Gasteiger partial charge >= 0.3 is 0 Å². The van der Waals surface area contributed by atoms with E-state index in [-0.39, 0.29) is 24.4 Å². The van der Waals surface area contributed by atoms with Gasteiger partial charge in [-0.2, -0.15) is 0 Å². The van der Waals surface area contributed by atoms with Crippen LogP contribution in [0.4, 0.5) is 0 Å². The van der Waals surface area contributed by atoms with Gasteiger partial charge in [0, 0.05) is 0 Å². The second-order valence-corrected chi connectivity index (χ2v) is 1.72.